The first-order valence-corrected chi connectivity index (χ1v) is 5.27. The second-order valence-corrected chi connectivity index (χ2v) is 4.06. The predicted octanol–water partition coefficient (Wildman–Crippen LogP) is 0.788. The Morgan fingerprint density at radius 1 is 1.67 bits per heavy atom. The highest BCUT2D eigenvalue weighted by molar-refractivity contribution is 7.17. The molecule has 0 radical (unpaired) electrons. The van der Waals surface area contributed by atoms with Crippen molar-refractivity contribution in [2.75, 3.05) is 6.67 Å². The van der Waals surface area contributed by atoms with E-state index >= 15 is 0 Å². The summed E-state index contributed by atoms with van der Waals surface area (Å²) in [6.45, 7) is -0.926. The summed E-state index contributed by atoms with van der Waals surface area (Å²) in [6.07, 6.45) is 0.179. The van der Waals surface area contributed by atoms with Crippen LogP contribution in [0.5, 0.6) is 0 Å². The topological polar surface area (TPSA) is 55.1 Å². The van der Waals surface area contributed by atoms with Crippen molar-refractivity contribution in [3.8, 4) is 0 Å². The third-order valence-corrected chi connectivity index (χ3v) is 2.91. The molecule has 0 bridgehead atoms. The first kappa shape index (κ1) is 10.3. The van der Waals surface area contributed by atoms with Crippen molar-refractivity contribution in [3.63, 3.8) is 0 Å². The standard InChI is InChI=1S/C9H9FN2O2S/c10-3-6(13)4-12-5-11-7-1-2-15-8(7)9(12)14/h1-2,5-6,13H,3-4H2. The molecule has 15 heavy (non-hydrogen) atoms. The van der Waals surface area contributed by atoms with Gasteiger partial charge in [0.25, 0.3) is 5.56 Å². The van der Waals surface area contributed by atoms with Crippen molar-refractivity contribution in [1.82, 2.24) is 9.55 Å². The van der Waals surface area contributed by atoms with Crippen molar-refractivity contribution in [1.29, 1.82) is 0 Å². The van der Waals surface area contributed by atoms with Gasteiger partial charge in [-0.05, 0) is 11.4 Å². The fourth-order valence-corrected chi connectivity index (χ4v) is 2.08. The van der Waals surface area contributed by atoms with Crippen LogP contribution in [0, 0.1) is 0 Å². The highest BCUT2D eigenvalue weighted by atomic mass is 32.1. The Morgan fingerprint density at radius 2 is 2.47 bits per heavy atom. The number of rotatable bonds is 3. The Morgan fingerprint density at radius 3 is 3.20 bits per heavy atom. The number of aromatic nitrogens is 2. The lowest BCUT2D eigenvalue weighted by atomic mass is 10.4. The van der Waals surface area contributed by atoms with E-state index in [0.717, 1.165) is 0 Å². The highest BCUT2D eigenvalue weighted by Gasteiger charge is 2.09. The van der Waals surface area contributed by atoms with Crippen molar-refractivity contribution >= 4 is 21.6 Å². The summed E-state index contributed by atoms with van der Waals surface area (Å²) in [7, 11) is 0. The number of nitrogens with zero attached hydrogens (tertiary/aromatic N) is 2. The molecule has 2 aromatic rings. The maximum atomic E-state index is 12.1. The number of thiophene rings is 1. The summed E-state index contributed by atoms with van der Waals surface area (Å²) in [5.74, 6) is 0. The van der Waals surface area contributed by atoms with Gasteiger partial charge in [-0.2, -0.15) is 0 Å². The first-order chi connectivity index (χ1) is 7.22. The number of hydrogen-bond acceptors (Lipinski definition) is 4. The minimum absolute atomic E-state index is 0.0594. The summed E-state index contributed by atoms with van der Waals surface area (Å²) in [5, 5.41) is 10.9. The van der Waals surface area contributed by atoms with Gasteiger partial charge in [0.1, 0.15) is 17.5 Å². The molecule has 0 aromatic carbocycles. The van der Waals surface area contributed by atoms with Crippen LogP contribution in [0.2, 0.25) is 0 Å². The van der Waals surface area contributed by atoms with Crippen LogP contribution < -0.4 is 5.56 Å². The zero-order valence-corrected chi connectivity index (χ0v) is 8.58. The van der Waals surface area contributed by atoms with Crippen molar-refractivity contribution in [3.05, 3.63) is 28.1 Å². The van der Waals surface area contributed by atoms with Crippen LogP contribution in [0.25, 0.3) is 10.2 Å². The first-order valence-electron chi connectivity index (χ1n) is 4.39. The second kappa shape index (κ2) is 4.08. The molecule has 0 amide bonds. The Hall–Kier alpha value is -1.27. The third kappa shape index (κ3) is 1.91. The van der Waals surface area contributed by atoms with Crippen molar-refractivity contribution in [2.24, 2.45) is 0 Å². The minimum Gasteiger partial charge on any atom is -0.389 e. The van der Waals surface area contributed by atoms with Gasteiger partial charge in [0.05, 0.1) is 18.4 Å². The van der Waals surface area contributed by atoms with Gasteiger partial charge in [-0.15, -0.1) is 11.3 Å². The molecule has 2 rings (SSSR count). The van der Waals surface area contributed by atoms with Gasteiger partial charge >= 0.3 is 0 Å². The van der Waals surface area contributed by atoms with E-state index in [-0.39, 0.29) is 12.1 Å². The van der Waals surface area contributed by atoms with Gasteiger partial charge < -0.3 is 5.11 Å². The number of hydrogen-bond donors (Lipinski definition) is 1. The number of alkyl halides is 1. The van der Waals surface area contributed by atoms with Gasteiger partial charge in [0, 0.05) is 0 Å². The number of aliphatic hydroxyl groups is 1. The molecule has 6 heteroatoms. The van der Waals surface area contributed by atoms with E-state index < -0.39 is 12.8 Å². The van der Waals surface area contributed by atoms with Crippen LogP contribution in [0.4, 0.5) is 4.39 Å². The van der Waals surface area contributed by atoms with E-state index in [1.165, 1.54) is 22.2 Å². The molecule has 2 heterocycles. The SMILES string of the molecule is O=c1c2sccc2ncn1CC(O)CF. The van der Waals surface area contributed by atoms with Crippen LogP contribution in [-0.2, 0) is 6.54 Å². The van der Waals surface area contributed by atoms with Crippen LogP contribution in [0.15, 0.2) is 22.6 Å². The van der Waals surface area contributed by atoms with E-state index in [4.69, 9.17) is 5.11 Å². The molecule has 0 fully saturated rings. The average Bonchev–Trinajstić information content (AvgIpc) is 2.70. The van der Waals surface area contributed by atoms with Crippen molar-refractivity contribution < 1.29 is 9.50 Å². The maximum Gasteiger partial charge on any atom is 0.271 e. The molecule has 0 spiro atoms. The van der Waals surface area contributed by atoms with Gasteiger partial charge in [-0.25, -0.2) is 9.37 Å². The summed E-state index contributed by atoms with van der Waals surface area (Å²) >= 11 is 1.29. The van der Waals surface area contributed by atoms with Gasteiger partial charge in [-0.3, -0.25) is 9.36 Å². The normalized spacial score (nSPS) is 13.2. The molecular weight excluding hydrogens is 219 g/mol. The molecule has 1 unspecified atom stereocenters. The van der Waals surface area contributed by atoms with Gasteiger partial charge in [-0.1, -0.05) is 0 Å². The van der Waals surface area contributed by atoms with Crippen LogP contribution in [0.3, 0.4) is 0 Å². The monoisotopic (exact) mass is 228 g/mol. The van der Waals surface area contributed by atoms with Crippen molar-refractivity contribution in [2.45, 2.75) is 12.6 Å². The molecule has 2 aromatic heterocycles. The smallest absolute Gasteiger partial charge is 0.271 e. The second-order valence-electron chi connectivity index (χ2n) is 3.15. The fourth-order valence-electron chi connectivity index (χ4n) is 1.28. The molecule has 0 saturated carbocycles. The molecule has 1 N–H and O–H groups in total. The Bertz CT molecular complexity index is 522. The summed E-state index contributed by atoms with van der Waals surface area (Å²) in [5.41, 5.74) is 0.401. The molecule has 0 aliphatic heterocycles. The molecule has 0 aliphatic carbocycles. The van der Waals surface area contributed by atoms with E-state index in [2.05, 4.69) is 4.98 Å². The summed E-state index contributed by atoms with van der Waals surface area (Å²) in [4.78, 5) is 15.8. The predicted molar refractivity (Wildman–Crippen MR) is 55.9 cm³/mol. The summed E-state index contributed by atoms with van der Waals surface area (Å²) < 4.78 is 13.8. The number of halogens is 1. The van der Waals surface area contributed by atoms with E-state index in [1.807, 2.05) is 0 Å². The summed E-state index contributed by atoms with van der Waals surface area (Å²) in [6, 6.07) is 1.75. The molecule has 80 valence electrons. The maximum absolute atomic E-state index is 12.1. The molecule has 0 saturated heterocycles. The van der Waals surface area contributed by atoms with E-state index in [1.54, 1.807) is 11.4 Å². The average molecular weight is 228 g/mol. The highest BCUT2D eigenvalue weighted by Crippen LogP contribution is 2.13. The molecule has 1 atom stereocenters. The molecule has 0 aliphatic rings. The van der Waals surface area contributed by atoms with Crippen LogP contribution >= 0.6 is 11.3 Å². The van der Waals surface area contributed by atoms with Crippen LogP contribution in [0.1, 0.15) is 0 Å². The zero-order chi connectivity index (χ0) is 10.8. The lowest BCUT2D eigenvalue weighted by Gasteiger charge is -2.07. The molecular formula is C9H9FN2O2S. The van der Waals surface area contributed by atoms with E-state index in [9.17, 15) is 9.18 Å². The van der Waals surface area contributed by atoms with Crippen LogP contribution in [-0.4, -0.2) is 27.4 Å². The number of fused-ring (bicyclic) bond motifs is 1. The fraction of sp³-hybridized carbons (Fsp3) is 0.333. The van der Waals surface area contributed by atoms with Gasteiger partial charge in [0.15, 0.2) is 0 Å². The Labute approximate surface area is 88.6 Å². The quantitative estimate of drug-likeness (QED) is 0.845. The van der Waals surface area contributed by atoms with Gasteiger partial charge in [0.2, 0.25) is 0 Å². The third-order valence-electron chi connectivity index (χ3n) is 2.02. The lowest BCUT2D eigenvalue weighted by Crippen LogP contribution is -2.27. The zero-order valence-electron chi connectivity index (χ0n) is 7.76. The Kier molecular flexibility index (Phi) is 2.79. The minimum atomic E-state index is -1.15. The lowest BCUT2D eigenvalue weighted by molar-refractivity contribution is 0.121. The Balaban J connectivity index is 2.44. The molecule has 4 nitrogen and oxygen atoms in total. The number of aliphatic hydroxyl groups excluding tert-OH is 1. The largest absolute Gasteiger partial charge is 0.389 e. The van der Waals surface area contributed by atoms with E-state index in [0.29, 0.717) is 10.2 Å².